The first-order chi connectivity index (χ1) is 8.72. The maximum Gasteiger partial charge on any atom is 0.164 e. The highest BCUT2D eigenvalue weighted by molar-refractivity contribution is 9.10. The van der Waals surface area contributed by atoms with Gasteiger partial charge < -0.3 is 14.8 Å². The molecule has 1 aromatic carbocycles. The highest BCUT2D eigenvalue weighted by Crippen LogP contribution is 2.43. The zero-order valence-electron chi connectivity index (χ0n) is 11.2. The van der Waals surface area contributed by atoms with Gasteiger partial charge in [-0.15, -0.1) is 0 Å². The van der Waals surface area contributed by atoms with Crippen molar-refractivity contribution in [3.05, 3.63) is 21.7 Å². The van der Waals surface area contributed by atoms with Gasteiger partial charge in [0.25, 0.3) is 0 Å². The molecule has 1 unspecified atom stereocenters. The molecule has 4 heteroatoms. The Morgan fingerprint density at radius 2 is 2.17 bits per heavy atom. The van der Waals surface area contributed by atoms with Crippen LogP contribution in [0.3, 0.4) is 0 Å². The minimum Gasteiger partial charge on any atom is -0.493 e. The van der Waals surface area contributed by atoms with Gasteiger partial charge in [-0.25, -0.2) is 0 Å². The first kappa shape index (κ1) is 13.7. The van der Waals surface area contributed by atoms with E-state index in [4.69, 9.17) is 9.47 Å². The fourth-order valence-electron chi connectivity index (χ4n) is 2.74. The molecular weight excluding hydrogens is 294 g/mol. The molecule has 1 atom stereocenters. The summed E-state index contributed by atoms with van der Waals surface area (Å²) < 4.78 is 12.1. The predicted octanol–water partition coefficient (Wildman–Crippen LogP) is 3.11. The molecule has 18 heavy (non-hydrogen) atoms. The predicted molar refractivity (Wildman–Crippen MR) is 76.9 cm³/mol. The number of ether oxygens (including phenoxy) is 2. The largest absolute Gasteiger partial charge is 0.493 e. The Hall–Kier alpha value is -0.740. The van der Waals surface area contributed by atoms with Gasteiger partial charge in [0.15, 0.2) is 11.5 Å². The van der Waals surface area contributed by atoms with Crippen molar-refractivity contribution >= 4 is 15.9 Å². The van der Waals surface area contributed by atoms with Crippen LogP contribution in [0.15, 0.2) is 10.5 Å². The van der Waals surface area contributed by atoms with Gasteiger partial charge in [-0.1, -0.05) is 22.9 Å². The summed E-state index contributed by atoms with van der Waals surface area (Å²) in [5, 5.41) is 3.42. The van der Waals surface area contributed by atoms with Crippen molar-refractivity contribution in [2.24, 2.45) is 0 Å². The normalized spacial score (nSPS) is 19.0. The third-order valence-corrected chi connectivity index (χ3v) is 4.24. The van der Waals surface area contributed by atoms with Crippen LogP contribution < -0.4 is 14.8 Å². The summed E-state index contributed by atoms with van der Waals surface area (Å²) in [6.45, 7) is 4.30. The lowest BCUT2D eigenvalue weighted by molar-refractivity contribution is 0.350. The molecule has 0 bridgehead atoms. The standard InChI is InChI=1S/C14H20BrNO2/c1-4-10-13(9-5-6-16-8-9)11(15)7-12(17-2)14(10)18-3/h7,9,16H,4-6,8H2,1-3H3. The van der Waals surface area contributed by atoms with Crippen LogP contribution in [0.2, 0.25) is 0 Å². The lowest BCUT2D eigenvalue weighted by atomic mass is 9.91. The Labute approximate surface area is 117 Å². The second-order valence-electron chi connectivity index (χ2n) is 4.53. The topological polar surface area (TPSA) is 30.5 Å². The highest BCUT2D eigenvalue weighted by atomic mass is 79.9. The van der Waals surface area contributed by atoms with E-state index < -0.39 is 0 Å². The van der Waals surface area contributed by atoms with Crippen LogP contribution in [0.1, 0.15) is 30.4 Å². The van der Waals surface area contributed by atoms with E-state index in [9.17, 15) is 0 Å². The van der Waals surface area contributed by atoms with E-state index in [0.717, 1.165) is 35.5 Å². The second kappa shape index (κ2) is 5.93. The van der Waals surface area contributed by atoms with Crippen molar-refractivity contribution < 1.29 is 9.47 Å². The third-order valence-electron chi connectivity index (χ3n) is 3.58. The number of rotatable bonds is 4. The van der Waals surface area contributed by atoms with Gasteiger partial charge in [0.05, 0.1) is 14.2 Å². The van der Waals surface area contributed by atoms with E-state index >= 15 is 0 Å². The SMILES string of the molecule is CCc1c(OC)c(OC)cc(Br)c1C1CCNC1. The van der Waals surface area contributed by atoms with Crippen LogP contribution in [0, 0.1) is 0 Å². The Bertz CT molecular complexity index is 428. The Balaban J connectivity index is 2.56. The van der Waals surface area contributed by atoms with E-state index in [1.54, 1.807) is 14.2 Å². The van der Waals surface area contributed by atoms with E-state index in [0.29, 0.717) is 5.92 Å². The maximum atomic E-state index is 5.55. The number of benzene rings is 1. The molecule has 100 valence electrons. The molecule has 1 fully saturated rings. The van der Waals surface area contributed by atoms with Gasteiger partial charge in [0.2, 0.25) is 0 Å². The fourth-order valence-corrected chi connectivity index (χ4v) is 3.51. The number of halogens is 1. The minimum absolute atomic E-state index is 0.564. The highest BCUT2D eigenvalue weighted by Gasteiger charge is 2.25. The number of methoxy groups -OCH3 is 2. The van der Waals surface area contributed by atoms with Crippen LogP contribution in [-0.4, -0.2) is 27.3 Å². The zero-order valence-corrected chi connectivity index (χ0v) is 12.8. The maximum absolute atomic E-state index is 5.55. The summed E-state index contributed by atoms with van der Waals surface area (Å²) in [7, 11) is 3.39. The van der Waals surface area contributed by atoms with E-state index in [1.165, 1.54) is 17.5 Å². The van der Waals surface area contributed by atoms with E-state index in [1.807, 2.05) is 6.07 Å². The molecule has 1 heterocycles. The van der Waals surface area contributed by atoms with Crippen molar-refractivity contribution in [3.8, 4) is 11.5 Å². The molecule has 0 radical (unpaired) electrons. The van der Waals surface area contributed by atoms with Crippen molar-refractivity contribution in [1.82, 2.24) is 5.32 Å². The van der Waals surface area contributed by atoms with Gasteiger partial charge in [0.1, 0.15) is 0 Å². The fraction of sp³-hybridized carbons (Fsp3) is 0.571. The quantitative estimate of drug-likeness (QED) is 0.926. The molecule has 2 rings (SSSR count). The molecule has 0 aliphatic carbocycles. The van der Waals surface area contributed by atoms with Crippen molar-refractivity contribution in [3.63, 3.8) is 0 Å². The summed E-state index contributed by atoms with van der Waals surface area (Å²) in [6.07, 6.45) is 2.13. The molecule has 1 aliphatic heterocycles. The van der Waals surface area contributed by atoms with Crippen LogP contribution >= 0.6 is 15.9 Å². The molecule has 0 amide bonds. The third kappa shape index (κ3) is 2.36. The molecule has 1 aliphatic rings. The lowest BCUT2D eigenvalue weighted by Crippen LogP contribution is -2.11. The monoisotopic (exact) mass is 313 g/mol. The van der Waals surface area contributed by atoms with Gasteiger partial charge >= 0.3 is 0 Å². The Morgan fingerprint density at radius 1 is 1.39 bits per heavy atom. The summed E-state index contributed by atoms with van der Waals surface area (Å²) in [6, 6.07) is 2.02. The van der Waals surface area contributed by atoms with Crippen molar-refractivity contribution in [2.75, 3.05) is 27.3 Å². The lowest BCUT2D eigenvalue weighted by Gasteiger charge is -2.21. The molecule has 0 spiro atoms. The summed E-state index contributed by atoms with van der Waals surface area (Å²) >= 11 is 3.69. The number of nitrogens with one attached hydrogen (secondary N) is 1. The Kier molecular flexibility index (Phi) is 4.51. The van der Waals surface area contributed by atoms with Crippen molar-refractivity contribution in [1.29, 1.82) is 0 Å². The second-order valence-corrected chi connectivity index (χ2v) is 5.38. The molecule has 3 nitrogen and oxygen atoms in total. The molecule has 0 saturated carbocycles. The smallest absolute Gasteiger partial charge is 0.164 e. The van der Waals surface area contributed by atoms with Gasteiger partial charge in [-0.05, 0) is 36.9 Å². The van der Waals surface area contributed by atoms with E-state index in [2.05, 4.69) is 28.2 Å². The molecule has 1 aromatic rings. The first-order valence-electron chi connectivity index (χ1n) is 6.36. The number of hydrogen-bond acceptors (Lipinski definition) is 3. The average molecular weight is 314 g/mol. The Morgan fingerprint density at radius 3 is 2.67 bits per heavy atom. The molecule has 0 aromatic heterocycles. The summed E-state index contributed by atoms with van der Waals surface area (Å²) in [5.74, 6) is 2.25. The van der Waals surface area contributed by atoms with Gasteiger partial charge in [0, 0.05) is 16.6 Å². The summed E-state index contributed by atoms with van der Waals surface area (Å²) in [5.41, 5.74) is 2.64. The van der Waals surface area contributed by atoms with Crippen LogP contribution in [0.25, 0.3) is 0 Å². The average Bonchev–Trinajstić information content (AvgIpc) is 2.90. The first-order valence-corrected chi connectivity index (χ1v) is 7.16. The van der Waals surface area contributed by atoms with Crippen LogP contribution in [-0.2, 0) is 6.42 Å². The molecular formula is C14H20BrNO2. The molecule has 1 saturated heterocycles. The zero-order chi connectivity index (χ0) is 13.1. The molecule has 1 N–H and O–H groups in total. The van der Waals surface area contributed by atoms with Gasteiger partial charge in [-0.2, -0.15) is 0 Å². The van der Waals surface area contributed by atoms with Crippen LogP contribution in [0.4, 0.5) is 0 Å². The summed E-state index contributed by atoms with van der Waals surface area (Å²) in [4.78, 5) is 0. The van der Waals surface area contributed by atoms with Crippen molar-refractivity contribution in [2.45, 2.75) is 25.7 Å². The van der Waals surface area contributed by atoms with Crippen LogP contribution in [0.5, 0.6) is 11.5 Å². The number of hydrogen-bond donors (Lipinski definition) is 1. The minimum atomic E-state index is 0.564. The van der Waals surface area contributed by atoms with Gasteiger partial charge in [-0.3, -0.25) is 0 Å². The van der Waals surface area contributed by atoms with E-state index in [-0.39, 0.29) is 0 Å².